The topological polar surface area (TPSA) is 45.2 Å². The van der Waals surface area contributed by atoms with E-state index in [-0.39, 0.29) is 11.5 Å². The molecule has 1 saturated carbocycles. The van der Waals surface area contributed by atoms with Gasteiger partial charge in [-0.2, -0.15) is 0 Å². The van der Waals surface area contributed by atoms with Crippen LogP contribution in [0.5, 0.6) is 17.2 Å². The molecule has 0 amide bonds. The first-order valence-electron chi connectivity index (χ1n) is 16.2. The standard InChI is InChI=1S/C36H50N2O3/c1-5-19-37-21-18-36-28-16-17-29(35(36)41-34-32(40-4)23-31(39)27(33(34)36)22-30(28)37)38(24-25(2)3)20-12-7-6-9-13-26-14-10-8-11-15-26/h5,8,10-11,14-15,23,25,28-30,35,39H,1,6-7,9,12-13,16-22,24H2,2-4H3/t28-,29+,30+,35-,36-/m0/s1. The smallest absolute Gasteiger partial charge is 0.166 e. The zero-order valence-corrected chi connectivity index (χ0v) is 25.5. The third-order valence-electron chi connectivity index (χ3n) is 10.6. The number of ether oxygens (including phenoxy) is 2. The number of hydrogen-bond acceptors (Lipinski definition) is 5. The van der Waals surface area contributed by atoms with Crippen LogP contribution in [0.2, 0.25) is 0 Å². The summed E-state index contributed by atoms with van der Waals surface area (Å²) in [4.78, 5) is 5.40. The average Bonchev–Trinajstić information content (AvgIpc) is 3.31. The third-order valence-corrected chi connectivity index (χ3v) is 10.6. The van der Waals surface area contributed by atoms with Gasteiger partial charge in [0.1, 0.15) is 11.9 Å². The number of phenolic OH excluding ortho intramolecular Hbond substituents is 1. The highest BCUT2D eigenvalue weighted by Crippen LogP contribution is 2.65. The van der Waals surface area contributed by atoms with Gasteiger partial charge >= 0.3 is 0 Å². The average molecular weight is 559 g/mol. The van der Waals surface area contributed by atoms with Crippen molar-refractivity contribution in [2.45, 2.75) is 95.2 Å². The first-order valence-corrected chi connectivity index (χ1v) is 16.2. The summed E-state index contributed by atoms with van der Waals surface area (Å²) < 4.78 is 12.9. The molecule has 0 aromatic heterocycles. The quantitative estimate of drug-likeness (QED) is 0.218. The summed E-state index contributed by atoms with van der Waals surface area (Å²) in [5.41, 5.74) is 3.79. The molecule has 0 radical (unpaired) electrons. The molecule has 1 saturated heterocycles. The van der Waals surface area contributed by atoms with Crippen molar-refractivity contribution in [1.82, 2.24) is 9.80 Å². The Morgan fingerprint density at radius 3 is 2.73 bits per heavy atom. The van der Waals surface area contributed by atoms with Crippen LogP contribution in [0.3, 0.4) is 0 Å². The molecular weight excluding hydrogens is 508 g/mol. The van der Waals surface area contributed by atoms with Crippen LogP contribution >= 0.6 is 0 Å². The molecule has 4 aliphatic rings. The maximum atomic E-state index is 11.2. The van der Waals surface area contributed by atoms with Crippen LogP contribution < -0.4 is 9.47 Å². The number of methoxy groups -OCH3 is 1. The molecular formula is C36H50N2O3. The number of unbranched alkanes of at least 4 members (excludes halogenated alkanes) is 3. The highest BCUT2D eigenvalue weighted by Gasteiger charge is 2.66. The Balaban J connectivity index is 1.23. The molecule has 1 spiro atoms. The lowest BCUT2D eigenvalue weighted by Gasteiger charge is -2.60. The minimum Gasteiger partial charge on any atom is -0.508 e. The van der Waals surface area contributed by atoms with Crippen molar-refractivity contribution < 1.29 is 14.6 Å². The highest BCUT2D eigenvalue weighted by atomic mass is 16.5. The summed E-state index contributed by atoms with van der Waals surface area (Å²) in [5.74, 6) is 3.14. The van der Waals surface area contributed by atoms with Gasteiger partial charge in [0.15, 0.2) is 11.5 Å². The van der Waals surface area contributed by atoms with Crippen LogP contribution in [0.4, 0.5) is 0 Å². The number of phenols is 1. The van der Waals surface area contributed by atoms with Gasteiger partial charge in [-0.1, -0.05) is 63.1 Å². The van der Waals surface area contributed by atoms with E-state index in [1.807, 2.05) is 6.08 Å². The molecule has 2 fully saturated rings. The first kappa shape index (κ1) is 28.6. The predicted molar refractivity (Wildman–Crippen MR) is 166 cm³/mol. The zero-order chi connectivity index (χ0) is 28.6. The van der Waals surface area contributed by atoms with Crippen molar-refractivity contribution in [2.24, 2.45) is 11.8 Å². The van der Waals surface area contributed by atoms with Crippen molar-refractivity contribution >= 4 is 0 Å². The maximum absolute atomic E-state index is 11.2. The van der Waals surface area contributed by atoms with Crippen molar-refractivity contribution in [1.29, 1.82) is 0 Å². The third kappa shape index (κ3) is 5.07. The van der Waals surface area contributed by atoms with Crippen LogP contribution in [0.15, 0.2) is 49.1 Å². The summed E-state index contributed by atoms with van der Waals surface area (Å²) in [6, 6.07) is 13.5. The molecule has 2 heterocycles. The number of nitrogens with zero attached hydrogens (tertiary/aromatic N) is 2. The molecule has 0 unspecified atom stereocenters. The van der Waals surface area contributed by atoms with Gasteiger partial charge in [0.25, 0.3) is 0 Å². The summed E-state index contributed by atoms with van der Waals surface area (Å²) in [5, 5.41) is 11.2. The minimum atomic E-state index is -0.0505. The second kappa shape index (κ2) is 12.0. The van der Waals surface area contributed by atoms with Crippen LogP contribution in [-0.4, -0.2) is 66.4 Å². The molecule has 2 aromatic carbocycles. The number of likely N-dealkylation sites (tertiary alicyclic amines) is 1. The van der Waals surface area contributed by atoms with Crippen molar-refractivity contribution in [3.8, 4) is 17.2 Å². The molecule has 5 nitrogen and oxygen atoms in total. The van der Waals surface area contributed by atoms with Crippen LogP contribution in [0.1, 0.15) is 75.5 Å². The van der Waals surface area contributed by atoms with Gasteiger partial charge in [-0.15, -0.1) is 6.58 Å². The summed E-state index contributed by atoms with van der Waals surface area (Å²) in [6.45, 7) is 13.0. The second-order valence-corrected chi connectivity index (χ2v) is 13.5. The van der Waals surface area contributed by atoms with Gasteiger partial charge in [-0.3, -0.25) is 9.80 Å². The molecule has 5 atom stereocenters. The number of piperidine rings is 1. The molecule has 222 valence electrons. The minimum absolute atomic E-state index is 0.0505. The Labute approximate surface area is 247 Å². The predicted octanol–water partition coefficient (Wildman–Crippen LogP) is 6.76. The van der Waals surface area contributed by atoms with Crippen LogP contribution in [-0.2, 0) is 18.3 Å². The molecule has 6 rings (SSSR count). The van der Waals surface area contributed by atoms with E-state index in [4.69, 9.17) is 9.47 Å². The molecule has 41 heavy (non-hydrogen) atoms. The van der Waals surface area contributed by atoms with E-state index in [0.717, 1.165) is 50.3 Å². The largest absolute Gasteiger partial charge is 0.508 e. The van der Waals surface area contributed by atoms with Crippen LogP contribution in [0, 0.1) is 11.8 Å². The number of aromatic hydroxyl groups is 1. The monoisotopic (exact) mass is 558 g/mol. The Hall–Kier alpha value is -2.50. The first-order chi connectivity index (χ1) is 20.0. The van der Waals surface area contributed by atoms with Gasteiger partial charge in [0.05, 0.1) is 7.11 Å². The van der Waals surface area contributed by atoms with E-state index in [2.05, 4.69) is 60.6 Å². The van der Waals surface area contributed by atoms with Gasteiger partial charge in [0.2, 0.25) is 0 Å². The van der Waals surface area contributed by atoms with Crippen molar-refractivity contribution in [3.63, 3.8) is 0 Å². The molecule has 1 N–H and O–H groups in total. The summed E-state index contributed by atoms with van der Waals surface area (Å²) >= 11 is 0. The van der Waals surface area contributed by atoms with E-state index >= 15 is 0 Å². The van der Waals surface area contributed by atoms with Gasteiger partial charge in [0, 0.05) is 47.8 Å². The number of aryl methyl sites for hydroxylation is 1. The molecule has 2 aliphatic heterocycles. The fourth-order valence-corrected chi connectivity index (χ4v) is 9.07. The summed E-state index contributed by atoms with van der Waals surface area (Å²) in [6.07, 6.45) is 12.7. The normalized spacial score (nSPS) is 28.0. The molecule has 2 aromatic rings. The Bertz CT molecular complexity index is 1210. The van der Waals surface area contributed by atoms with Crippen LogP contribution in [0.25, 0.3) is 0 Å². The van der Waals surface area contributed by atoms with Gasteiger partial charge in [-0.05, 0) is 75.4 Å². The fourth-order valence-electron chi connectivity index (χ4n) is 9.07. The molecule has 5 heteroatoms. The van der Waals surface area contributed by atoms with Gasteiger partial charge in [-0.25, -0.2) is 0 Å². The Morgan fingerprint density at radius 1 is 1.17 bits per heavy atom. The molecule has 2 bridgehead atoms. The van der Waals surface area contributed by atoms with Gasteiger partial charge < -0.3 is 14.6 Å². The van der Waals surface area contributed by atoms with Crippen molar-refractivity contribution in [2.75, 3.05) is 33.3 Å². The Morgan fingerprint density at radius 2 is 1.98 bits per heavy atom. The van der Waals surface area contributed by atoms with E-state index in [9.17, 15) is 5.11 Å². The number of hydrogen-bond donors (Lipinski definition) is 1. The summed E-state index contributed by atoms with van der Waals surface area (Å²) in [7, 11) is 1.71. The van der Waals surface area contributed by atoms with E-state index < -0.39 is 0 Å². The zero-order valence-electron chi connectivity index (χ0n) is 25.5. The lowest BCUT2D eigenvalue weighted by molar-refractivity contribution is -0.0880. The Kier molecular flexibility index (Phi) is 8.38. The number of benzene rings is 2. The van der Waals surface area contributed by atoms with E-state index in [0.29, 0.717) is 35.4 Å². The lowest BCUT2D eigenvalue weighted by atomic mass is 9.50. The molecule has 2 aliphatic carbocycles. The van der Waals surface area contributed by atoms with E-state index in [1.165, 1.54) is 56.1 Å². The highest BCUT2D eigenvalue weighted by molar-refractivity contribution is 5.65. The fraction of sp³-hybridized carbons (Fsp3) is 0.611. The number of rotatable bonds is 13. The SMILES string of the molecule is C=CCN1CC[C@]23c4c5c(O)cc(OC)c4O[C@H]2[C@H](N(CCCCCCc2ccccc2)CC(C)C)CC[C@H]3[C@H]1C5. The second-order valence-electron chi connectivity index (χ2n) is 13.5. The lowest BCUT2D eigenvalue weighted by Crippen LogP contribution is -2.69. The van der Waals surface area contributed by atoms with Crippen molar-refractivity contribution in [3.05, 3.63) is 65.7 Å². The maximum Gasteiger partial charge on any atom is 0.166 e. The van der Waals surface area contributed by atoms with E-state index in [1.54, 1.807) is 13.2 Å².